The highest BCUT2D eigenvalue weighted by Gasteiger charge is 2.29. The number of carbonyl (C=O) groups excluding carboxylic acids is 1. The molecule has 2 N–H and O–H groups in total. The third-order valence-electron chi connectivity index (χ3n) is 4.81. The van der Waals surface area contributed by atoms with Gasteiger partial charge in [0.15, 0.2) is 0 Å². The Labute approximate surface area is 191 Å². The van der Waals surface area contributed by atoms with Crippen molar-refractivity contribution < 1.29 is 35.5 Å². The first-order valence-corrected chi connectivity index (χ1v) is 12.9. The van der Waals surface area contributed by atoms with Gasteiger partial charge in [-0.05, 0) is 30.3 Å². The minimum atomic E-state index is -4.12. The van der Waals surface area contributed by atoms with Crippen molar-refractivity contribution in [3.05, 3.63) is 48.3 Å². The van der Waals surface area contributed by atoms with E-state index in [1.54, 1.807) is 0 Å². The summed E-state index contributed by atoms with van der Waals surface area (Å²) in [6, 6.07) is 9.06. The monoisotopic (exact) mass is 501 g/mol. The quantitative estimate of drug-likeness (QED) is 0.527. The Kier molecular flexibility index (Phi) is 8.02. The molecule has 10 nitrogen and oxygen atoms in total. The Hall–Kier alpha value is -2.58. The third kappa shape index (κ3) is 6.06. The summed E-state index contributed by atoms with van der Waals surface area (Å²) in [6.45, 7) is 0.674. The summed E-state index contributed by atoms with van der Waals surface area (Å²) in [5, 5.41) is 2.54. The molecule has 180 valence electrons. The predicted octanol–water partition coefficient (Wildman–Crippen LogP) is 1.16. The largest absolute Gasteiger partial charge is 0.495 e. The molecule has 33 heavy (non-hydrogen) atoms. The van der Waals surface area contributed by atoms with Crippen LogP contribution in [0.5, 0.6) is 5.75 Å². The first-order chi connectivity index (χ1) is 15.6. The molecule has 1 aliphatic heterocycles. The van der Waals surface area contributed by atoms with Crippen LogP contribution < -0.4 is 14.8 Å². The highest BCUT2D eigenvalue weighted by Crippen LogP contribution is 2.30. The molecule has 13 heteroatoms. The molecule has 2 aromatic rings. The van der Waals surface area contributed by atoms with Gasteiger partial charge in [0.1, 0.15) is 21.4 Å². The molecule has 0 unspecified atom stereocenters. The highest BCUT2D eigenvalue weighted by molar-refractivity contribution is 7.89. The van der Waals surface area contributed by atoms with Gasteiger partial charge in [0.05, 0.1) is 20.3 Å². The summed E-state index contributed by atoms with van der Waals surface area (Å²) < 4.78 is 78.0. The van der Waals surface area contributed by atoms with E-state index in [0.717, 1.165) is 12.1 Å². The van der Waals surface area contributed by atoms with E-state index in [2.05, 4.69) is 10.0 Å². The number of morpholine rings is 1. The normalized spacial score (nSPS) is 15.2. The molecule has 1 saturated heterocycles. The molecule has 0 aliphatic carbocycles. The summed E-state index contributed by atoms with van der Waals surface area (Å²) in [4.78, 5) is 11.7. The number of sulfonamides is 2. The lowest BCUT2D eigenvalue weighted by Crippen LogP contribution is -2.40. The van der Waals surface area contributed by atoms with E-state index in [1.807, 2.05) is 0 Å². The Morgan fingerprint density at radius 1 is 1.09 bits per heavy atom. The van der Waals surface area contributed by atoms with Crippen molar-refractivity contribution in [3.8, 4) is 5.75 Å². The van der Waals surface area contributed by atoms with Crippen LogP contribution in [0.2, 0.25) is 0 Å². The molecule has 0 radical (unpaired) electrons. The number of ether oxygens (including phenoxy) is 2. The molecule has 0 spiro atoms. The molecule has 3 rings (SSSR count). The van der Waals surface area contributed by atoms with E-state index >= 15 is 0 Å². The highest BCUT2D eigenvalue weighted by atomic mass is 32.2. The minimum absolute atomic E-state index is 0.107. The number of benzene rings is 2. The molecule has 0 aromatic heterocycles. The number of hydrogen-bond donors (Lipinski definition) is 2. The zero-order chi connectivity index (χ0) is 24.1. The van der Waals surface area contributed by atoms with Gasteiger partial charge in [-0.2, -0.15) is 4.31 Å². The fourth-order valence-corrected chi connectivity index (χ4v) is 5.84. The number of nitrogens with zero attached hydrogens (tertiary/aromatic N) is 1. The Balaban J connectivity index is 1.66. The minimum Gasteiger partial charge on any atom is -0.495 e. The molecule has 1 aliphatic rings. The van der Waals surface area contributed by atoms with Crippen molar-refractivity contribution >= 4 is 31.6 Å². The second-order valence-electron chi connectivity index (χ2n) is 7.01. The second-order valence-corrected chi connectivity index (χ2v) is 10.7. The van der Waals surface area contributed by atoms with Gasteiger partial charge in [0.25, 0.3) is 0 Å². The van der Waals surface area contributed by atoms with E-state index in [4.69, 9.17) is 9.47 Å². The number of halogens is 1. The molecule has 2 aromatic carbocycles. The van der Waals surface area contributed by atoms with Crippen molar-refractivity contribution in [2.75, 3.05) is 45.3 Å². The SMILES string of the molecule is COc1ccc(NC(=O)CCNS(=O)(=O)c2ccccc2F)cc1S(=O)(=O)N1CCOCC1. The molecule has 0 bridgehead atoms. The van der Waals surface area contributed by atoms with E-state index < -0.39 is 36.7 Å². The summed E-state index contributed by atoms with van der Waals surface area (Å²) in [5.41, 5.74) is 0.199. The lowest BCUT2D eigenvalue weighted by atomic mass is 10.3. The number of rotatable bonds is 9. The Bertz CT molecular complexity index is 1210. The van der Waals surface area contributed by atoms with Crippen LogP contribution in [-0.2, 0) is 29.6 Å². The number of anilines is 1. The van der Waals surface area contributed by atoms with Gasteiger partial charge in [-0.25, -0.2) is 25.9 Å². The summed E-state index contributed by atoms with van der Waals surface area (Å²) in [5.74, 6) is -1.34. The smallest absolute Gasteiger partial charge is 0.246 e. The van der Waals surface area contributed by atoms with Crippen LogP contribution in [0.25, 0.3) is 0 Å². The summed E-state index contributed by atoms with van der Waals surface area (Å²) in [6.07, 6.45) is -0.259. The van der Waals surface area contributed by atoms with Crippen LogP contribution in [0, 0.1) is 5.82 Å². The van der Waals surface area contributed by atoms with Gasteiger partial charge in [0.2, 0.25) is 26.0 Å². The van der Waals surface area contributed by atoms with Crippen molar-refractivity contribution in [2.24, 2.45) is 0 Å². The van der Waals surface area contributed by atoms with Crippen LogP contribution >= 0.6 is 0 Å². The van der Waals surface area contributed by atoms with Crippen LogP contribution in [0.15, 0.2) is 52.3 Å². The molecular formula is C20H24FN3O7S2. The average Bonchev–Trinajstić information content (AvgIpc) is 2.79. The number of nitrogens with one attached hydrogen (secondary N) is 2. The standard InChI is InChI=1S/C20H24FN3O7S2/c1-30-17-7-6-15(14-19(17)33(28,29)24-10-12-31-13-11-24)23-20(25)8-9-22-32(26,27)18-5-3-2-4-16(18)21/h2-7,14,22H,8-13H2,1H3,(H,23,25). The van der Waals surface area contributed by atoms with Gasteiger partial charge in [-0.1, -0.05) is 12.1 Å². The molecular weight excluding hydrogens is 477 g/mol. The average molecular weight is 502 g/mol. The Morgan fingerprint density at radius 3 is 2.45 bits per heavy atom. The first kappa shape index (κ1) is 25.1. The fourth-order valence-electron chi connectivity index (χ4n) is 3.14. The second kappa shape index (κ2) is 10.6. The van der Waals surface area contributed by atoms with Crippen LogP contribution in [0.1, 0.15) is 6.42 Å². The van der Waals surface area contributed by atoms with Gasteiger partial charge < -0.3 is 14.8 Å². The van der Waals surface area contributed by atoms with Gasteiger partial charge in [-0.3, -0.25) is 4.79 Å². The van der Waals surface area contributed by atoms with Gasteiger partial charge in [0, 0.05) is 31.7 Å². The zero-order valence-electron chi connectivity index (χ0n) is 17.8. The fraction of sp³-hybridized carbons (Fsp3) is 0.350. The zero-order valence-corrected chi connectivity index (χ0v) is 19.4. The van der Waals surface area contributed by atoms with Crippen molar-refractivity contribution in [2.45, 2.75) is 16.2 Å². The van der Waals surface area contributed by atoms with E-state index in [1.165, 1.54) is 41.7 Å². The van der Waals surface area contributed by atoms with Crippen molar-refractivity contribution in [1.82, 2.24) is 9.03 Å². The van der Waals surface area contributed by atoms with Crippen LogP contribution in [0.3, 0.4) is 0 Å². The van der Waals surface area contributed by atoms with E-state index in [0.29, 0.717) is 0 Å². The number of hydrogen-bond acceptors (Lipinski definition) is 7. The molecule has 1 fully saturated rings. The lowest BCUT2D eigenvalue weighted by Gasteiger charge is -2.26. The molecule has 0 atom stereocenters. The van der Waals surface area contributed by atoms with Crippen LogP contribution in [0.4, 0.5) is 10.1 Å². The molecule has 1 heterocycles. The topological polar surface area (TPSA) is 131 Å². The lowest BCUT2D eigenvalue weighted by molar-refractivity contribution is -0.116. The van der Waals surface area contributed by atoms with Crippen molar-refractivity contribution in [1.29, 1.82) is 0 Å². The number of amides is 1. The van der Waals surface area contributed by atoms with E-state index in [-0.39, 0.29) is 55.6 Å². The van der Waals surface area contributed by atoms with Crippen molar-refractivity contribution in [3.63, 3.8) is 0 Å². The summed E-state index contributed by atoms with van der Waals surface area (Å²) in [7, 11) is -6.67. The van der Waals surface area contributed by atoms with Gasteiger partial charge >= 0.3 is 0 Å². The third-order valence-corrected chi connectivity index (χ3v) is 8.22. The maximum Gasteiger partial charge on any atom is 0.246 e. The Morgan fingerprint density at radius 2 is 1.79 bits per heavy atom. The number of carbonyl (C=O) groups is 1. The molecule has 1 amide bonds. The first-order valence-electron chi connectivity index (χ1n) is 9.95. The summed E-state index contributed by atoms with van der Waals surface area (Å²) >= 11 is 0. The maximum atomic E-state index is 13.7. The van der Waals surface area contributed by atoms with Crippen LogP contribution in [-0.4, -0.2) is 67.0 Å². The predicted molar refractivity (Wildman–Crippen MR) is 117 cm³/mol. The molecule has 0 saturated carbocycles. The van der Waals surface area contributed by atoms with E-state index in [9.17, 15) is 26.0 Å². The maximum absolute atomic E-state index is 13.7. The van der Waals surface area contributed by atoms with Gasteiger partial charge in [-0.15, -0.1) is 0 Å². The number of methoxy groups -OCH3 is 1.